The first-order valence-corrected chi connectivity index (χ1v) is 26.6. The lowest BCUT2D eigenvalue weighted by molar-refractivity contribution is -0.134. The maximum atomic E-state index is 13.7. The number of hydrogen-bond donors (Lipinski definition) is 3. The highest BCUT2D eigenvalue weighted by molar-refractivity contribution is 7.22. The number of carboxylic acids is 1. The fraction of sp³-hybridized carbons (Fsp3) is 0.386. The van der Waals surface area contributed by atoms with Gasteiger partial charge in [0.25, 0.3) is 5.91 Å². The van der Waals surface area contributed by atoms with Gasteiger partial charge in [-0.05, 0) is 148 Å². The number of amides is 3. The number of nitrogens with one attached hydrogen (secondary N) is 2. The molecule has 3 N–H and O–H groups in total. The van der Waals surface area contributed by atoms with Crippen LogP contribution in [0.15, 0.2) is 91.0 Å². The second-order valence-corrected chi connectivity index (χ2v) is 21.3. The number of ether oxygens (including phenoxy) is 1. The maximum absolute atomic E-state index is 13.7. The Bertz CT molecular complexity index is 3230. The zero-order chi connectivity index (χ0) is 50.3. The molecule has 2 atom stereocenters. The third-order valence-corrected chi connectivity index (χ3v) is 16.8. The van der Waals surface area contributed by atoms with Gasteiger partial charge in [0.2, 0.25) is 11.8 Å². The van der Waals surface area contributed by atoms with Crippen molar-refractivity contribution in [2.45, 2.75) is 96.2 Å². The average Bonchev–Trinajstić information content (AvgIpc) is 3.97. The summed E-state index contributed by atoms with van der Waals surface area (Å²) < 4.78 is 9.57. The van der Waals surface area contributed by atoms with Crippen LogP contribution < -0.4 is 25.2 Å². The summed E-state index contributed by atoms with van der Waals surface area (Å²) in [6.07, 6.45) is 8.17. The van der Waals surface area contributed by atoms with Gasteiger partial charge in [-0.2, -0.15) is 5.10 Å². The van der Waals surface area contributed by atoms with Crippen molar-refractivity contribution in [2.24, 2.45) is 13.0 Å². The summed E-state index contributed by atoms with van der Waals surface area (Å²) >= 11 is 1.44. The van der Waals surface area contributed by atoms with Crippen LogP contribution in [-0.2, 0) is 29.6 Å². The van der Waals surface area contributed by atoms with Gasteiger partial charge >= 0.3 is 5.97 Å². The van der Waals surface area contributed by atoms with E-state index in [0.29, 0.717) is 66.4 Å². The minimum absolute atomic E-state index is 0.0203. The third kappa shape index (κ3) is 9.89. The molecule has 3 aromatic heterocycles. The number of thiazole rings is 1. The van der Waals surface area contributed by atoms with Crippen LogP contribution in [0, 0.1) is 12.8 Å². The van der Waals surface area contributed by atoms with Crippen LogP contribution >= 0.6 is 11.3 Å². The van der Waals surface area contributed by atoms with Crippen molar-refractivity contribution >= 4 is 72.8 Å². The zero-order valence-electron chi connectivity index (χ0n) is 41.6. The zero-order valence-corrected chi connectivity index (χ0v) is 42.4. The number of aromatic nitrogens is 4. The van der Waals surface area contributed by atoms with E-state index in [1.54, 1.807) is 0 Å². The third-order valence-electron chi connectivity index (χ3n) is 15.8. The van der Waals surface area contributed by atoms with E-state index in [1.165, 1.54) is 17.8 Å². The van der Waals surface area contributed by atoms with Crippen molar-refractivity contribution in [1.29, 1.82) is 0 Å². The molecule has 376 valence electrons. The second kappa shape index (κ2) is 20.4. The van der Waals surface area contributed by atoms with E-state index in [-0.39, 0.29) is 29.5 Å². The number of carbonyl (C=O) groups excluding carboxylic acids is 3. The number of rotatable bonds is 13. The molecule has 11 rings (SSSR count). The first-order chi connectivity index (χ1) is 35.4. The van der Waals surface area contributed by atoms with Crippen molar-refractivity contribution in [3.63, 3.8) is 0 Å². The Hall–Kier alpha value is -7.17. The van der Waals surface area contributed by atoms with E-state index < -0.39 is 11.9 Å². The number of piperazine rings is 1. The molecular weight excluding hydrogens is 939 g/mol. The number of benzene rings is 4. The maximum Gasteiger partial charge on any atom is 0.355 e. The minimum Gasteiger partial charge on any atom is -0.490 e. The van der Waals surface area contributed by atoms with Crippen LogP contribution in [0.3, 0.4) is 0 Å². The molecule has 6 heterocycles. The average molecular weight is 1000 g/mol. The van der Waals surface area contributed by atoms with Crippen LogP contribution in [0.5, 0.6) is 5.75 Å². The lowest BCUT2D eigenvalue weighted by Gasteiger charge is -2.39. The molecule has 3 amide bonds. The molecule has 73 heavy (non-hydrogen) atoms. The van der Waals surface area contributed by atoms with E-state index in [4.69, 9.17) is 14.8 Å². The number of piperidine rings is 1. The number of fused-ring (bicyclic) bond motifs is 3. The first kappa shape index (κ1) is 48.1. The first-order valence-electron chi connectivity index (χ1n) is 25.8. The summed E-state index contributed by atoms with van der Waals surface area (Å²) in [4.78, 5) is 67.4. The summed E-state index contributed by atoms with van der Waals surface area (Å²) in [5.74, 6) is -0.236. The van der Waals surface area contributed by atoms with Gasteiger partial charge in [0.15, 0.2) is 10.8 Å². The summed E-state index contributed by atoms with van der Waals surface area (Å²) in [6.45, 7) is 9.31. The number of carbonyl (C=O) groups is 4. The normalized spacial score (nSPS) is 20.0. The largest absolute Gasteiger partial charge is 0.490 e. The smallest absolute Gasteiger partial charge is 0.355 e. The second-order valence-electron chi connectivity index (χ2n) is 20.3. The molecule has 0 bridgehead atoms. The number of imide groups is 1. The molecule has 16 heteroatoms. The van der Waals surface area contributed by atoms with Gasteiger partial charge in [0, 0.05) is 81.0 Å². The Kier molecular flexibility index (Phi) is 13.4. The Morgan fingerprint density at radius 2 is 1.67 bits per heavy atom. The van der Waals surface area contributed by atoms with Gasteiger partial charge in [-0.15, -0.1) is 0 Å². The summed E-state index contributed by atoms with van der Waals surface area (Å²) in [5.41, 5.74) is 8.49. The lowest BCUT2D eigenvalue weighted by Crippen LogP contribution is -2.49. The Balaban J connectivity index is 0.672. The molecule has 0 spiro atoms. The van der Waals surface area contributed by atoms with Crippen LogP contribution in [0.1, 0.15) is 107 Å². The van der Waals surface area contributed by atoms with E-state index in [2.05, 4.69) is 50.5 Å². The van der Waals surface area contributed by atoms with Crippen molar-refractivity contribution in [1.82, 2.24) is 30.0 Å². The number of para-hydroxylation sites is 1. The van der Waals surface area contributed by atoms with Gasteiger partial charge in [-0.1, -0.05) is 47.7 Å². The highest BCUT2D eigenvalue weighted by Gasteiger charge is 2.33. The van der Waals surface area contributed by atoms with E-state index >= 15 is 0 Å². The van der Waals surface area contributed by atoms with E-state index in [1.807, 2.05) is 96.3 Å². The molecule has 3 aliphatic heterocycles. The molecule has 0 radical (unpaired) electrons. The predicted octanol–water partition coefficient (Wildman–Crippen LogP) is 9.52. The molecule has 2 saturated heterocycles. The fourth-order valence-corrected chi connectivity index (χ4v) is 12.5. The van der Waals surface area contributed by atoms with Gasteiger partial charge < -0.3 is 19.6 Å². The Morgan fingerprint density at radius 1 is 0.863 bits per heavy atom. The molecule has 15 nitrogen and oxygen atoms in total. The van der Waals surface area contributed by atoms with Crippen LogP contribution in [-0.4, -0.2) is 98.3 Å². The number of anilines is 3. The highest BCUT2D eigenvalue weighted by Crippen LogP contribution is 2.38. The minimum atomic E-state index is -1.10. The number of carboxylic acid groups (broad SMARTS) is 1. The van der Waals surface area contributed by atoms with Gasteiger partial charge in [0.05, 0.1) is 33.4 Å². The summed E-state index contributed by atoms with van der Waals surface area (Å²) in [5, 5.41) is 22.3. The molecule has 4 aliphatic rings. The SMILES string of the molecule is Cc1c(OC2CCC(CC[C@H](C)N3CCN(c4ccc5c([C@@H]6CCC(=O)NC6=O)nn(C)c5c4)CC3)CC2)cccc1-c1ccc(N2CCc3cccc(C(=O)Nc4nc5ccccc5s4)c3C2)nc1C(=O)O. The number of pyridine rings is 1. The molecule has 0 unspecified atom stereocenters. The number of aromatic carboxylic acids is 1. The predicted molar refractivity (Wildman–Crippen MR) is 285 cm³/mol. The summed E-state index contributed by atoms with van der Waals surface area (Å²) in [6, 6.07) is 30.1. The fourth-order valence-electron chi connectivity index (χ4n) is 11.6. The molecule has 7 aromatic rings. The Morgan fingerprint density at radius 3 is 2.47 bits per heavy atom. The van der Waals surface area contributed by atoms with Gasteiger partial charge in [0.1, 0.15) is 11.6 Å². The number of nitrogens with zero attached hydrogens (tertiary/aromatic N) is 7. The quantitative estimate of drug-likeness (QED) is 0.0935. The van der Waals surface area contributed by atoms with Gasteiger partial charge in [-0.3, -0.25) is 34.6 Å². The van der Waals surface area contributed by atoms with Crippen LogP contribution in [0.4, 0.5) is 16.6 Å². The molecular formula is C57H61N9O6S. The van der Waals surface area contributed by atoms with E-state index in [0.717, 1.165) is 119 Å². The van der Waals surface area contributed by atoms with Crippen LogP contribution in [0.25, 0.3) is 32.2 Å². The van der Waals surface area contributed by atoms with Crippen LogP contribution in [0.2, 0.25) is 0 Å². The molecule has 4 aromatic carbocycles. The van der Waals surface area contributed by atoms with E-state index in [9.17, 15) is 24.3 Å². The monoisotopic (exact) mass is 999 g/mol. The number of aryl methyl sites for hydroxylation is 1. The standard InChI is InChI=1S/C57H61N9O6S/c1-34(64-28-30-65(31-29-64)38-18-21-43-47(32-38)63(3)62-52(43)44-23-25-51(67)60-55(44)69)14-15-36-16-19-39(20-17-36)72-48-12-7-9-40(35(48)2)41-22-24-50(59-53(41)56(70)71)66-27-26-37-8-6-10-42(45(37)33-66)54(68)61-57-58-46-11-4-5-13-49(46)73-57/h4-13,18,21-22,24,32,34,36,39,44H,14-17,19-20,23,25-31,33H2,1-3H3,(H,70,71)(H,58,61,68)(H,60,67,69)/t34-,36?,39?,44-/m0/s1. The van der Waals surface area contributed by atoms with Gasteiger partial charge in [-0.25, -0.2) is 14.8 Å². The molecule has 1 aliphatic carbocycles. The lowest BCUT2D eigenvalue weighted by atomic mass is 9.83. The highest BCUT2D eigenvalue weighted by atomic mass is 32.1. The number of hydrogen-bond acceptors (Lipinski definition) is 12. The van der Waals surface area contributed by atoms with Crippen molar-refractivity contribution < 1.29 is 29.0 Å². The molecule has 1 saturated carbocycles. The molecule has 3 fully saturated rings. The Labute approximate surface area is 428 Å². The van der Waals surface area contributed by atoms with Crippen molar-refractivity contribution in [2.75, 3.05) is 47.8 Å². The van der Waals surface area contributed by atoms with Crippen molar-refractivity contribution in [3.8, 4) is 16.9 Å². The topological polar surface area (TPSA) is 175 Å². The summed E-state index contributed by atoms with van der Waals surface area (Å²) in [7, 11) is 1.92. The van der Waals surface area contributed by atoms with Crippen molar-refractivity contribution in [3.05, 3.63) is 125 Å².